The molecule has 0 N–H and O–H groups in total. The first-order valence-electron chi connectivity index (χ1n) is 3.73. The quantitative estimate of drug-likeness (QED) is 0.506. The summed E-state index contributed by atoms with van der Waals surface area (Å²) in [4.78, 5) is 4.12. The second-order valence-corrected chi connectivity index (χ2v) is 2.87. The maximum Gasteiger partial charge on any atom is 0.141 e. The van der Waals surface area contributed by atoms with Crippen molar-refractivity contribution in [3.8, 4) is 0 Å². The molecule has 0 aromatic carbocycles. The molecule has 2 radical (unpaired) electrons. The van der Waals surface area contributed by atoms with Crippen molar-refractivity contribution in [1.82, 2.24) is 14.8 Å². The van der Waals surface area contributed by atoms with E-state index in [-0.39, 0.29) is 0 Å². The fraction of sp³-hybridized carbons (Fsp3) is 0.250. The van der Waals surface area contributed by atoms with Gasteiger partial charge in [0.25, 0.3) is 0 Å². The maximum atomic E-state index is 5.59. The molecule has 2 rings (SSSR count). The van der Waals surface area contributed by atoms with Gasteiger partial charge in [-0.15, -0.1) is 0 Å². The van der Waals surface area contributed by atoms with Crippen LogP contribution in [0.3, 0.4) is 0 Å². The lowest BCUT2D eigenvalue weighted by molar-refractivity contribution is 0.778. The molecule has 0 fully saturated rings. The van der Waals surface area contributed by atoms with Gasteiger partial charge in [0.2, 0.25) is 0 Å². The fourth-order valence-corrected chi connectivity index (χ4v) is 1.33. The van der Waals surface area contributed by atoms with E-state index >= 15 is 0 Å². The predicted octanol–water partition coefficient (Wildman–Crippen LogP) is 0.0705. The van der Waals surface area contributed by atoms with E-state index in [1.807, 2.05) is 26.2 Å². The van der Waals surface area contributed by atoms with Crippen molar-refractivity contribution in [2.24, 2.45) is 7.05 Å². The van der Waals surface area contributed by atoms with Crippen LogP contribution < -0.4 is 5.59 Å². The second-order valence-electron chi connectivity index (χ2n) is 2.87. The number of aryl methyl sites for hydroxylation is 2. The Morgan fingerprint density at radius 1 is 1.50 bits per heavy atom. The standard InChI is InChI=1S/C8H8BN3/c1-5-8-6(3-7(9)10-5)4-12(2)11-8/h3-4H,1-2H3. The molecule has 2 aromatic heterocycles. The van der Waals surface area contributed by atoms with E-state index in [9.17, 15) is 0 Å². The van der Waals surface area contributed by atoms with Crippen LogP contribution in [0.2, 0.25) is 0 Å². The van der Waals surface area contributed by atoms with Crippen LogP contribution in [0.25, 0.3) is 10.9 Å². The lowest BCUT2D eigenvalue weighted by atomic mass is 10.0. The van der Waals surface area contributed by atoms with Crippen molar-refractivity contribution in [3.05, 3.63) is 18.0 Å². The van der Waals surface area contributed by atoms with Gasteiger partial charge in [-0.2, -0.15) is 5.10 Å². The highest BCUT2D eigenvalue weighted by atomic mass is 15.2. The van der Waals surface area contributed by atoms with Crippen LogP contribution in [-0.4, -0.2) is 22.6 Å². The molecule has 0 aliphatic carbocycles. The molecule has 0 aliphatic rings. The van der Waals surface area contributed by atoms with Crippen molar-refractivity contribution >= 4 is 24.3 Å². The van der Waals surface area contributed by atoms with Gasteiger partial charge in [-0.1, -0.05) is 0 Å². The summed E-state index contributed by atoms with van der Waals surface area (Å²) < 4.78 is 1.76. The van der Waals surface area contributed by atoms with Crippen LogP contribution in [0.15, 0.2) is 12.3 Å². The topological polar surface area (TPSA) is 30.7 Å². The van der Waals surface area contributed by atoms with Gasteiger partial charge in [0, 0.05) is 18.6 Å². The molecule has 0 unspecified atom stereocenters. The van der Waals surface area contributed by atoms with E-state index in [0.29, 0.717) is 5.59 Å². The summed E-state index contributed by atoms with van der Waals surface area (Å²) >= 11 is 0. The Morgan fingerprint density at radius 3 is 3.00 bits per heavy atom. The molecule has 12 heavy (non-hydrogen) atoms. The van der Waals surface area contributed by atoms with Gasteiger partial charge in [0.15, 0.2) is 0 Å². The van der Waals surface area contributed by atoms with Crippen LogP contribution >= 0.6 is 0 Å². The summed E-state index contributed by atoms with van der Waals surface area (Å²) in [6.45, 7) is 1.91. The van der Waals surface area contributed by atoms with Gasteiger partial charge in [-0.05, 0) is 18.6 Å². The maximum absolute atomic E-state index is 5.59. The smallest absolute Gasteiger partial charge is 0.141 e. The summed E-state index contributed by atoms with van der Waals surface area (Å²) in [5.41, 5.74) is 2.35. The monoisotopic (exact) mass is 157 g/mol. The highest BCUT2D eigenvalue weighted by Gasteiger charge is 2.02. The van der Waals surface area contributed by atoms with Gasteiger partial charge in [0.1, 0.15) is 13.4 Å². The van der Waals surface area contributed by atoms with Gasteiger partial charge in [0.05, 0.1) is 5.69 Å². The van der Waals surface area contributed by atoms with Crippen LogP contribution in [0, 0.1) is 6.92 Å². The van der Waals surface area contributed by atoms with Gasteiger partial charge < -0.3 is 0 Å². The molecule has 0 aliphatic heterocycles. The number of rotatable bonds is 0. The Balaban J connectivity index is 2.88. The van der Waals surface area contributed by atoms with E-state index in [2.05, 4.69) is 10.1 Å². The number of hydrogen-bond acceptors (Lipinski definition) is 2. The van der Waals surface area contributed by atoms with Crippen LogP contribution in [0.1, 0.15) is 5.69 Å². The van der Waals surface area contributed by atoms with Crippen molar-refractivity contribution in [2.75, 3.05) is 0 Å². The summed E-state index contributed by atoms with van der Waals surface area (Å²) in [6, 6.07) is 1.83. The molecular weight excluding hydrogens is 149 g/mol. The lowest BCUT2D eigenvalue weighted by Crippen LogP contribution is -2.08. The normalized spacial score (nSPS) is 10.8. The average molecular weight is 157 g/mol. The fourth-order valence-electron chi connectivity index (χ4n) is 1.33. The number of pyridine rings is 1. The molecule has 2 heterocycles. The summed E-state index contributed by atoms with van der Waals surface area (Å²) in [6.07, 6.45) is 1.93. The molecule has 58 valence electrons. The highest BCUT2D eigenvalue weighted by molar-refractivity contribution is 6.31. The third kappa shape index (κ3) is 0.997. The third-order valence-electron chi connectivity index (χ3n) is 1.80. The number of aromatic nitrogens is 3. The van der Waals surface area contributed by atoms with Crippen LogP contribution in [-0.2, 0) is 7.05 Å². The number of hydrogen-bond donors (Lipinski definition) is 0. The van der Waals surface area contributed by atoms with Crippen molar-refractivity contribution in [1.29, 1.82) is 0 Å². The van der Waals surface area contributed by atoms with E-state index in [1.165, 1.54) is 0 Å². The summed E-state index contributed by atoms with van der Waals surface area (Å²) in [5.74, 6) is 0. The summed E-state index contributed by atoms with van der Waals surface area (Å²) in [7, 11) is 7.47. The van der Waals surface area contributed by atoms with E-state index in [1.54, 1.807) is 4.68 Å². The molecule has 2 aromatic rings. The third-order valence-corrected chi connectivity index (χ3v) is 1.80. The largest absolute Gasteiger partial charge is 0.275 e. The first kappa shape index (κ1) is 7.34. The SMILES string of the molecule is [B]c1cc2cn(C)nc2c(C)n1. The van der Waals surface area contributed by atoms with Crippen molar-refractivity contribution in [2.45, 2.75) is 6.92 Å². The van der Waals surface area contributed by atoms with Crippen LogP contribution in [0.5, 0.6) is 0 Å². The van der Waals surface area contributed by atoms with Crippen molar-refractivity contribution < 1.29 is 0 Å². The van der Waals surface area contributed by atoms with Crippen molar-refractivity contribution in [3.63, 3.8) is 0 Å². The van der Waals surface area contributed by atoms with E-state index in [4.69, 9.17) is 7.85 Å². The van der Waals surface area contributed by atoms with E-state index < -0.39 is 0 Å². The minimum Gasteiger partial charge on any atom is -0.275 e. The average Bonchev–Trinajstić information content (AvgIpc) is 2.29. The zero-order valence-corrected chi connectivity index (χ0v) is 7.07. The number of nitrogens with zero attached hydrogens (tertiary/aromatic N) is 3. The molecule has 0 saturated carbocycles. The molecule has 0 saturated heterocycles. The van der Waals surface area contributed by atoms with Gasteiger partial charge in [-0.25, -0.2) is 0 Å². The highest BCUT2D eigenvalue weighted by Crippen LogP contribution is 2.11. The number of fused-ring (bicyclic) bond motifs is 1. The summed E-state index contributed by atoms with van der Waals surface area (Å²) in [5, 5.41) is 5.30. The Bertz CT molecular complexity index is 433. The van der Waals surface area contributed by atoms with Gasteiger partial charge >= 0.3 is 0 Å². The van der Waals surface area contributed by atoms with E-state index in [0.717, 1.165) is 16.6 Å². The first-order valence-corrected chi connectivity index (χ1v) is 3.73. The zero-order chi connectivity index (χ0) is 8.72. The lowest BCUT2D eigenvalue weighted by Gasteiger charge is -1.95. The molecule has 0 bridgehead atoms. The van der Waals surface area contributed by atoms with Gasteiger partial charge in [-0.3, -0.25) is 9.67 Å². The molecular formula is C8H8BN3. The van der Waals surface area contributed by atoms with Crippen LogP contribution in [0.4, 0.5) is 0 Å². The Kier molecular flexibility index (Phi) is 1.43. The minimum atomic E-state index is 0.549. The molecule has 0 spiro atoms. The second kappa shape index (κ2) is 2.34. The zero-order valence-electron chi connectivity index (χ0n) is 7.07. The Hall–Kier alpha value is -1.32. The minimum absolute atomic E-state index is 0.549. The Labute approximate surface area is 71.8 Å². The predicted molar refractivity (Wildman–Crippen MR) is 48.6 cm³/mol. The molecule has 0 atom stereocenters. The molecule has 4 heteroatoms. The Morgan fingerprint density at radius 2 is 2.25 bits per heavy atom. The molecule has 3 nitrogen and oxygen atoms in total. The first-order chi connectivity index (χ1) is 5.66. The molecule has 0 amide bonds.